The molecule has 27 heavy (non-hydrogen) atoms. The van der Waals surface area contributed by atoms with Gasteiger partial charge in [0.15, 0.2) is 0 Å². The zero-order chi connectivity index (χ0) is 19.9. The molecule has 0 aromatic heterocycles. The number of allylic oxidation sites excluding steroid dienone is 1. The van der Waals surface area contributed by atoms with E-state index in [2.05, 4.69) is 6.92 Å². The zero-order valence-corrected chi connectivity index (χ0v) is 17.1. The van der Waals surface area contributed by atoms with Crippen molar-refractivity contribution >= 4 is 11.9 Å². The summed E-state index contributed by atoms with van der Waals surface area (Å²) in [6.07, 6.45) is 11.4. The van der Waals surface area contributed by atoms with Gasteiger partial charge in [-0.3, -0.25) is 0 Å². The standard InChI is InChI=1S/C23H34O4/c1-4-5-6-7-8-9-10-11-16-26-22(24)20-13-12-14-21(18-20)23(25)27-17-15-19(2)3/h12-15,18H,4-11,16-17H2,1-3H3. The first-order chi connectivity index (χ1) is 13.0. The van der Waals surface area contributed by atoms with Gasteiger partial charge in [0.25, 0.3) is 0 Å². The van der Waals surface area contributed by atoms with Gasteiger partial charge in [-0.15, -0.1) is 0 Å². The van der Waals surface area contributed by atoms with Crippen molar-refractivity contribution in [2.24, 2.45) is 0 Å². The van der Waals surface area contributed by atoms with Crippen molar-refractivity contribution in [3.05, 3.63) is 47.0 Å². The highest BCUT2D eigenvalue weighted by Gasteiger charge is 2.12. The van der Waals surface area contributed by atoms with Crippen LogP contribution in [0.2, 0.25) is 0 Å². The van der Waals surface area contributed by atoms with Gasteiger partial charge in [0.05, 0.1) is 17.7 Å². The van der Waals surface area contributed by atoms with Crippen molar-refractivity contribution in [3.8, 4) is 0 Å². The third-order valence-corrected chi connectivity index (χ3v) is 4.27. The van der Waals surface area contributed by atoms with Crippen molar-refractivity contribution in [2.45, 2.75) is 72.1 Å². The number of esters is 2. The summed E-state index contributed by atoms with van der Waals surface area (Å²) in [6.45, 7) is 6.75. The third-order valence-electron chi connectivity index (χ3n) is 4.27. The summed E-state index contributed by atoms with van der Waals surface area (Å²) in [4.78, 5) is 24.2. The van der Waals surface area contributed by atoms with Crippen LogP contribution in [0, 0.1) is 0 Å². The number of hydrogen-bond donors (Lipinski definition) is 0. The molecule has 0 aliphatic rings. The number of unbranched alkanes of at least 4 members (excludes halogenated alkanes) is 7. The summed E-state index contributed by atoms with van der Waals surface area (Å²) in [5.74, 6) is -0.831. The van der Waals surface area contributed by atoms with E-state index < -0.39 is 11.9 Å². The van der Waals surface area contributed by atoms with Crippen LogP contribution < -0.4 is 0 Å². The summed E-state index contributed by atoms with van der Waals surface area (Å²) >= 11 is 0. The summed E-state index contributed by atoms with van der Waals surface area (Å²) in [6, 6.07) is 6.49. The molecule has 4 heteroatoms. The minimum Gasteiger partial charge on any atom is -0.462 e. The molecule has 150 valence electrons. The summed E-state index contributed by atoms with van der Waals surface area (Å²) in [5.41, 5.74) is 1.83. The molecule has 0 radical (unpaired) electrons. The summed E-state index contributed by atoms with van der Waals surface area (Å²) in [7, 11) is 0. The topological polar surface area (TPSA) is 52.6 Å². The Labute approximate surface area is 163 Å². The molecule has 0 amide bonds. The van der Waals surface area contributed by atoms with E-state index in [1.54, 1.807) is 18.2 Å². The molecule has 0 fully saturated rings. The highest BCUT2D eigenvalue weighted by Crippen LogP contribution is 2.11. The molecule has 0 saturated heterocycles. The molecular formula is C23H34O4. The maximum atomic E-state index is 12.1. The fourth-order valence-electron chi connectivity index (χ4n) is 2.62. The van der Waals surface area contributed by atoms with Crippen LogP contribution in [-0.2, 0) is 9.47 Å². The minimum atomic E-state index is -0.440. The van der Waals surface area contributed by atoms with Gasteiger partial charge in [-0.1, -0.05) is 63.5 Å². The number of hydrogen-bond acceptors (Lipinski definition) is 4. The predicted molar refractivity (Wildman–Crippen MR) is 109 cm³/mol. The van der Waals surface area contributed by atoms with E-state index in [9.17, 15) is 9.59 Å². The molecule has 0 aliphatic carbocycles. The largest absolute Gasteiger partial charge is 0.462 e. The minimum absolute atomic E-state index is 0.230. The van der Waals surface area contributed by atoms with Gasteiger partial charge >= 0.3 is 11.9 Å². The lowest BCUT2D eigenvalue weighted by atomic mass is 10.1. The lowest BCUT2D eigenvalue weighted by Gasteiger charge is -2.07. The molecular weight excluding hydrogens is 340 g/mol. The third kappa shape index (κ3) is 10.6. The predicted octanol–water partition coefficient (Wildman–Crippen LogP) is 6.11. The fraction of sp³-hybridized carbons (Fsp3) is 0.565. The Balaban J connectivity index is 2.30. The number of ether oxygens (including phenoxy) is 2. The van der Waals surface area contributed by atoms with E-state index in [4.69, 9.17) is 9.47 Å². The second-order valence-electron chi connectivity index (χ2n) is 7.07. The Morgan fingerprint density at radius 1 is 0.852 bits per heavy atom. The Morgan fingerprint density at radius 3 is 2.00 bits per heavy atom. The van der Waals surface area contributed by atoms with Crippen LogP contribution >= 0.6 is 0 Å². The molecule has 1 aromatic carbocycles. The summed E-state index contributed by atoms with van der Waals surface area (Å²) < 4.78 is 10.5. The van der Waals surface area contributed by atoms with E-state index in [0.717, 1.165) is 18.4 Å². The van der Waals surface area contributed by atoms with Gasteiger partial charge in [-0.25, -0.2) is 9.59 Å². The van der Waals surface area contributed by atoms with Gasteiger partial charge in [-0.05, 0) is 44.5 Å². The Morgan fingerprint density at radius 2 is 1.41 bits per heavy atom. The van der Waals surface area contributed by atoms with Crippen molar-refractivity contribution in [2.75, 3.05) is 13.2 Å². The Kier molecular flexibility index (Phi) is 11.9. The first-order valence-electron chi connectivity index (χ1n) is 10.1. The number of benzene rings is 1. The van der Waals surface area contributed by atoms with Gasteiger partial charge in [0, 0.05) is 0 Å². The molecule has 0 bridgehead atoms. The van der Waals surface area contributed by atoms with Gasteiger partial charge in [0.2, 0.25) is 0 Å². The average molecular weight is 375 g/mol. The van der Waals surface area contributed by atoms with E-state index in [1.165, 1.54) is 44.6 Å². The first kappa shape index (κ1) is 22.9. The molecule has 0 saturated carbocycles. The van der Waals surface area contributed by atoms with E-state index in [0.29, 0.717) is 17.7 Å². The van der Waals surface area contributed by atoms with Crippen LogP contribution in [0.25, 0.3) is 0 Å². The van der Waals surface area contributed by atoms with Gasteiger partial charge < -0.3 is 9.47 Å². The lowest BCUT2D eigenvalue weighted by Crippen LogP contribution is -2.10. The van der Waals surface area contributed by atoms with Crippen molar-refractivity contribution in [3.63, 3.8) is 0 Å². The molecule has 0 atom stereocenters. The second-order valence-corrected chi connectivity index (χ2v) is 7.07. The number of carbonyl (C=O) groups is 2. The average Bonchev–Trinajstić information content (AvgIpc) is 2.66. The van der Waals surface area contributed by atoms with Crippen LogP contribution in [-0.4, -0.2) is 25.2 Å². The van der Waals surface area contributed by atoms with Gasteiger partial charge in [-0.2, -0.15) is 0 Å². The molecule has 4 nitrogen and oxygen atoms in total. The van der Waals surface area contributed by atoms with Crippen molar-refractivity contribution in [1.82, 2.24) is 0 Å². The van der Waals surface area contributed by atoms with E-state index in [1.807, 2.05) is 19.9 Å². The molecule has 0 aliphatic heterocycles. The van der Waals surface area contributed by atoms with Crippen LogP contribution in [0.5, 0.6) is 0 Å². The van der Waals surface area contributed by atoms with Crippen LogP contribution in [0.15, 0.2) is 35.9 Å². The molecule has 1 aromatic rings. The van der Waals surface area contributed by atoms with E-state index >= 15 is 0 Å². The quantitative estimate of drug-likeness (QED) is 0.237. The van der Waals surface area contributed by atoms with Crippen LogP contribution in [0.4, 0.5) is 0 Å². The molecule has 0 N–H and O–H groups in total. The number of carbonyl (C=O) groups excluding carboxylic acids is 2. The molecule has 1 rings (SSSR count). The molecule has 0 unspecified atom stereocenters. The Hall–Kier alpha value is -2.10. The molecule has 0 spiro atoms. The highest BCUT2D eigenvalue weighted by molar-refractivity contribution is 5.95. The van der Waals surface area contributed by atoms with Crippen molar-refractivity contribution < 1.29 is 19.1 Å². The normalized spacial score (nSPS) is 10.3. The van der Waals surface area contributed by atoms with Crippen LogP contribution in [0.1, 0.15) is 92.9 Å². The highest BCUT2D eigenvalue weighted by atomic mass is 16.5. The van der Waals surface area contributed by atoms with Crippen LogP contribution in [0.3, 0.4) is 0 Å². The zero-order valence-electron chi connectivity index (χ0n) is 17.1. The van der Waals surface area contributed by atoms with E-state index in [-0.39, 0.29) is 6.61 Å². The summed E-state index contributed by atoms with van der Waals surface area (Å²) in [5, 5.41) is 0. The fourth-order valence-corrected chi connectivity index (χ4v) is 2.62. The monoisotopic (exact) mass is 374 g/mol. The maximum Gasteiger partial charge on any atom is 0.338 e. The lowest BCUT2D eigenvalue weighted by molar-refractivity contribution is 0.0497. The molecule has 0 heterocycles. The number of rotatable bonds is 13. The van der Waals surface area contributed by atoms with Crippen molar-refractivity contribution in [1.29, 1.82) is 0 Å². The Bertz CT molecular complexity index is 600. The smallest absolute Gasteiger partial charge is 0.338 e. The van der Waals surface area contributed by atoms with Gasteiger partial charge in [0.1, 0.15) is 6.61 Å². The first-order valence-corrected chi connectivity index (χ1v) is 10.1. The SMILES string of the molecule is CCCCCCCCCCOC(=O)c1cccc(C(=O)OCC=C(C)C)c1. The maximum absolute atomic E-state index is 12.1. The second kappa shape index (κ2) is 14.0.